The summed E-state index contributed by atoms with van der Waals surface area (Å²) < 4.78 is 5.46. The first kappa shape index (κ1) is 16.2. The highest BCUT2D eigenvalue weighted by molar-refractivity contribution is 5.55. The zero-order chi connectivity index (χ0) is 15.8. The Bertz CT molecular complexity index is 545. The Hall–Kier alpha value is -2.16. The minimum atomic E-state index is 0.705. The lowest BCUT2D eigenvalue weighted by molar-refractivity contribution is 0.340. The van der Waals surface area contributed by atoms with Gasteiger partial charge in [0.2, 0.25) is 0 Å². The van der Waals surface area contributed by atoms with E-state index < -0.39 is 0 Å². The Labute approximate surface area is 133 Å². The number of hydrogen-bond acceptors (Lipinski definition) is 3. The van der Waals surface area contributed by atoms with Gasteiger partial charge in [-0.3, -0.25) is 0 Å². The molecule has 0 saturated carbocycles. The topological polar surface area (TPSA) is 24.5 Å². The lowest BCUT2D eigenvalue weighted by atomic mass is 10.2. The molecule has 3 nitrogen and oxygen atoms in total. The molecule has 0 atom stereocenters. The lowest BCUT2D eigenvalue weighted by Gasteiger charge is -2.21. The third-order valence-corrected chi connectivity index (χ3v) is 3.73. The molecule has 2 aromatic rings. The zero-order valence-corrected chi connectivity index (χ0v) is 13.8. The second-order valence-electron chi connectivity index (χ2n) is 5.15. The highest BCUT2D eigenvalue weighted by atomic mass is 16.5. The maximum atomic E-state index is 5.46. The average molecular weight is 298 g/mol. The van der Waals surface area contributed by atoms with E-state index in [0.717, 1.165) is 31.1 Å². The molecule has 2 rings (SSSR count). The molecule has 0 aromatic heterocycles. The van der Waals surface area contributed by atoms with Gasteiger partial charge in [-0.1, -0.05) is 12.1 Å². The number of benzene rings is 2. The van der Waals surface area contributed by atoms with Crippen molar-refractivity contribution >= 4 is 11.4 Å². The second kappa shape index (κ2) is 8.32. The lowest BCUT2D eigenvalue weighted by Crippen LogP contribution is -2.21. The van der Waals surface area contributed by atoms with Crippen LogP contribution in [0.2, 0.25) is 0 Å². The molecule has 0 heterocycles. The van der Waals surface area contributed by atoms with Gasteiger partial charge in [0.15, 0.2) is 0 Å². The van der Waals surface area contributed by atoms with Gasteiger partial charge in [-0.25, -0.2) is 0 Å². The molecule has 3 heteroatoms. The van der Waals surface area contributed by atoms with E-state index in [2.05, 4.69) is 60.5 Å². The fourth-order valence-electron chi connectivity index (χ4n) is 2.45. The van der Waals surface area contributed by atoms with Crippen LogP contribution >= 0.6 is 0 Å². The summed E-state index contributed by atoms with van der Waals surface area (Å²) in [6.45, 7) is 9.96. The predicted molar refractivity (Wildman–Crippen MR) is 94.9 cm³/mol. The molecule has 1 N–H and O–H groups in total. The molecule has 22 heavy (non-hydrogen) atoms. The minimum absolute atomic E-state index is 0.705. The third-order valence-electron chi connectivity index (χ3n) is 3.73. The van der Waals surface area contributed by atoms with Crippen molar-refractivity contribution in [3.05, 3.63) is 54.1 Å². The van der Waals surface area contributed by atoms with Crippen molar-refractivity contribution in [3.63, 3.8) is 0 Å². The Balaban J connectivity index is 1.91. The van der Waals surface area contributed by atoms with Crippen molar-refractivity contribution in [2.45, 2.75) is 27.3 Å². The van der Waals surface area contributed by atoms with Crippen LogP contribution in [0.5, 0.6) is 5.75 Å². The third kappa shape index (κ3) is 4.42. The summed E-state index contributed by atoms with van der Waals surface area (Å²) in [6.07, 6.45) is 0. The second-order valence-corrected chi connectivity index (χ2v) is 5.15. The van der Waals surface area contributed by atoms with E-state index in [1.165, 1.54) is 11.3 Å². The van der Waals surface area contributed by atoms with Crippen molar-refractivity contribution in [3.8, 4) is 5.75 Å². The highest BCUT2D eigenvalue weighted by Crippen LogP contribution is 2.19. The molecule has 0 spiro atoms. The van der Waals surface area contributed by atoms with Crippen LogP contribution in [-0.4, -0.2) is 19.7 Å². The molecular formula is C19H26N2O. The first-order chi connectivity index (χ1) is 10.8. The SMILES string of the molecule is CCOc1ccc(CNc2ccc(N(CC)CC)cc2)cc1. The van der Waals surface area contributed by atoms with E-state index >= 15 is 0 Å². The quantitative estimate of drug-likeness (QED) is 0.774. The van der Waals surface area contributed by atoms with Gasteiger partial charge in [-0.05, 0) is 62.7 Å². The van der Waals surface area contributed by atoms with Crippen LogP contribution in [-0.2, 0) is 6.54 Å². The molecule has 0 aliphatic heterocycles. The van der Waals surface area contributed by atoms with E-state index in [0.29, 0.717) is 6.61 Å². The number of rotatable bonds is 8. The van der Waals surface area contributed by atoms with Crippen LogP contribution in [0, 0.1) is 0 Å². The van der Waals surface area contributed by atoms with Gasteiger partial charge >= 0.3 is 0 Å². The molecule has 118 valence electrons. The maximum Gasteiger partial charge on any atom is 0.119 e. The summed E-state index contributed by atoms with van der Waals surface area (Å²) in [6, 6.07) is 16.9. The molecule has 0 aliphatic rings. The molecular weight excluding hydrogens is 272 g/mol. The van der Waals surface area contributed by atoms with Gasteiger partial charge in [0.25, 0.3) is 0 Å². The fourth-order valence-corrected chi connectivity index (χ4v) is 2.45. The van der Waals surface area contributed by atoms with Crippen molar-refractivity contribution in [1.82, 2.24) is 0 Å². The summed E-state index contributed by atoms with van der Waals surface area (Å²) in [4.78, 5) is 2.34. The maximum absolute atomic E-state index is 5.46. The van der Waals surface area contributed by atoms with Crippen LogP contribution in [0.4, 0.5) is 11.4 Å². The number of nitrogens with one attached hydrogen (secondary N) is 1. The van der Waals surface area contributed by atoms with Gasteiger partial charge < -0.3 is 15.0 Å². The number of anilines is 2. The Kier molecular flexibility index (Phi) is 6.13. The smallest absolute Gasteiger partial charge is 0.119 e. The zero-order valence-electron chi connectivity index (χ0n) is 13.8. The molecule has 0 amide bonds. The van der Waals surface area contributed by atoms with Gasteiger partial charge in [-0.2, -0.15) is 0 Å². The number of nitrogens with zero attached hydrogens (tertiary/aromatic N) is 1. The Morgan fingerprint density at radius 1 is 0.864 bits per heavy atom. The molecule has 0 fully saturated rings. The van der Waals surface area contributed by atoms with Crippen LogP contribution in [0.25, 0.3) is 0 Å². The van der Waals surface area contributed by atoms with E-state index in [4.69, 9.17) is 4.74 Å². The monoisotopic (exact) mass is 298 g/mol. The average Bonchev–Trinajstić information content (AvgIpc) is 2.57. The molecule has 0 aliphatic carbocycles. The van der Waals surface area contributed by atoms with E-state index in [9.17, 15) is 0 Å². The van der Waals surface area contributed by atoms with Gasteiger partial charge in [-0.15, -0.1) is 0 Å². The predicted octanol–water partition coefficient (Wildman–Crippen LogP) is 4.54. The molecule has 2 aromatic carbocycles. The minimum Gasteiger partial charge on any atom is -0.494 e. The largest absolute Gasteiger partial charge is 0.494 e. The molecule has 0 unspecified atom stereocenters. The Morgan fingerprint density at radius 3 is 2.05 bits per heavy atom. The summed E-state index contributed by atoms with van der Waals surface area (Å²) in [5, 5.41) is 3.46. The van der Waals surface area contributed by atoms with Crippen molar-refractivity contribution in [2.75, 3.05) is 29.9 Å². The standard InChI is InChI=1S/C19H26N2O/c1-4-21(5-2)18-11-9-17(10-12-18)20-15-16-7-13-19(14-8-16)22-6-3/h7-14,20H,4-6,15H2,1-3H3. The van der Waals surface area contributed by atoms with Gasteiger partial charge in [0, 0.05) is 31.0 Å². The van der Waals surface area contributed by atoms with Crippen LogP contribution in [0.3, 0.4) is 0 Å². The summed E-state index contributed by atoms with van der Waals surface area (Å²) in [7, 11) is 0. The summed E-state index contributed by atoms with van der Waals surface area (Å²) >= 11 is 0. The van der Waals surface area contributed by atoms with E-state index in [1.54, 1.807) is 0 Å². The first-order valence-corrected chi connectivity index (χ1v) is 8.07. The molecule has 0 bridgehead atoms. The van der Waals surface area contributed by atoms with Crippen molar-refractivity contribution < 1.29 is 4.74 Å². The molecule has 0 radical (unpaired) electrons. The van der Waals surface area contributed by atoms with E-state index in [1.807, 2.05) is 19.1 Å². The number of ether oxygens (including phenoxy) is 1. The summed E-state index contributed by atoms with van der Waals surface area (Å²) in [5.74, 6) is 0.926. The van der Waals surface area contributed by atoms with Crippen molar-refractivity contribution in [2.24, 2.45) is 0 Å². The van der Waals surface area contributed by atoms with Gasteiger partial charge in [0.1, 0.15) is 5.75 Å². The number of hydrogen-bond donors (Lipinski definition) is 1. The fraction of sp³-hybridized carbons (Fsp3) is 0.368. The van der Waals surface area contributed by atoms with Crippen molar-refractivity contribution in [1.29, 1.82) is 0 Å². The molecule has 0 saturated heterocycles. The van der Waals surface area contributed by atoms with Crippen LogP contribution in [0.15, 0.2) is 48.5 Å². The van der Waals surface area contributed by atoms with E-state index in [-0.39, 0.29) is 0 Å². The normalized spacial score (nSPS) is 10.3. The highest BCUT2D eigenvalue weighted by Gasteiger charge is 2.01. The summed E-state index contributed by atoms with van der Waals surface area (Å²) in [5.41, 5.74) is 3.66. The van der Waals surface area contributed by atoms with Crippen LogP contribution in [0.1, 0.15) is 26.3 Å². The Morgan fingerprint density at radius 2 is 1.50 bits per heavy atom. The van der Waals surface area contributed by atoms with Crippen LogP contribution < -0.4 is 15.0 Å². The van der Waals surface area contributed by atoms with Gasteiger partial charge in [0.05, 0.1) is 6.61 Å². The first-order valence-electron chi connectivity index (χ1n) is 8.07.